The van der Waals surface area contributed by atoms with Crippen LogP contribution >= 0.6 is 0 Å². The average molecular weight is 371 g/mol. The molecule has 0 saturated heterocycles. The molecule has 1 heterocycles. The molecule has 2 rings (SSSR count). The molecule has 0 unspecified atom stereocenters. The van der Waals surface area contributed by atoms with Gasteiger partial charge < -0.3 is 18.8 Å². The van der Waals surface area contributed by atoms with Gasteiger partial charge in [-0.2, -0.15) is 0 Å². The van der Waals surface area contributed by atoms with Crippen molar-refractivity contribution < 1.29 is 23.8 Å². The van der Waals surface area contributed by atoms with Crippen LogP contribution in [-0.2, 0) is 16.1 Å². The number of benzene rings is 1. The van der Waals surface area contributed by atoms with Crippen LogP contribution in [0.1, 0.15) is 34.2 Å². The molecule has 1 aromatic heterocycles. The van der Waals surface area contributed by atoms with Crippen LogP contribution < -0.4 is 9.47 Å². The summed E-state index contributed by atoms with van der Waals surface area (Å²) in [7, 11) is 3.07. The number of nitrogens with zero attached hydrogens (tertiary/aromatic N) is 1. The number of methoxy groups -OCH3 is 2. The van der Waals surface area contributed by atoms with Crippen LogP contribution in [0, 0.1) is 13.8 Å². The molecule has 6 nitrogen and oxygen atoms in total. The Balaban J connectivity index is 2.03. The quantitative estimate of drug-likeness (QED) is 0.403. The normalized spacial score (nSPS) is 10.9. The minimum absolute atomic E-state index is 0.219. The molecule has 6 heteroatoms. The van der Waals surface area contributed by atoms with E-state index in [4.69, 9.17) is 14.2 Å². The topological polar surface area (TPSA) is 66.8 Å². The number of hydrogen-bond donors (Lipinski definition) is 0. The van der Waals surface area contributed by atoms with E-state index in [1.807, 2.05) is 31.4 Å². The van der Waals surface area contributed by atoms with E-state index in [2.05, 4.69) is 0 Å². The minimum Gasteiger partial charge on any atom is -0.493 e. The molecule has 0 radical (unpaired) electrons. The molecule has 0 bridgehead atoms. The van der Waals surface area contributed by atoms with Gasteiger partial charge in [-0.3, -0.25) is 4.79 Å². The van der Waals surface area contributed by atoms with Gasteiger partial charge in [0.25, 0.3) is 0 Å². The van der Waals surface area contributed by atoms with Crippen molar-refractivity contribution in [2.75, 3.05) is 20.8 Å². The smallest absolute Gasteiger partial charge is 0.331 e. The number of aryl methyl sites for hydroxylation is 1. The second-order valence-electron chi connectivity index (χ2n) is 5.98. The summed E-state index contributed by atoms with van der Waals surface area (Å²) in [6.45, 7) is 6.35. The monoisotopic (exact) mass is 371 g/mol. The van der Waals surface area contributed by atoms with Gasteiger partial charge in [0.15, 0.2) is 18.1 Å². The lowest BCUT2D eigenvalue weighted by atomic mass is 10.1. The van der Waals surface area contributed by atoms with Gasteiger partial charge in [0.2, 0.25) is 5.78 Å². The lowest BCUT2D eigenvalue weighted by molar-refractivity contribution is -0.136. The number of ketones is 1. The summed E-state index contributed by atoms with van der Waals surface area (Å²) in [5.41, 5.74) is 3.15. The van der Waals surface area contributed by atoms with Crippen LogP contribution in [0.2, 0.25) is 0 Å². The molecule has 0 aliphatic rings. The zero-order valence-electron chi connectivity index (χ0n) is 16.4. The van der Waals surface area contributed by atoms with E-state index in [0.29, 0.717) is 22.6 Å². The number of hydrogen-bond acceptors (Lipinski definition) is 5. The van der Waals surface area contributed by atoms with Gasteiger partial charge in [0.05, 0.1) is 14.2 Å². The van der Waals surface area contributed by atoms with Crippen LogP contribution in [-0.4, -0.2) is 37.1 Å². The van der Waals surface area contributed by atoms with Crippen molar-refractivity contribution in [3.8, 4) is 11.5 Å². The van der Waals surface area contributed by atoms with Crippen LogP contribution in [0.5, 0.6) is 11.5 Å². The SMILES string of the molecule is CCn1c(C)cc(C(=O)COC(=O)/C=C/c2cccc(OC)c2OC)c1C. The van der Waals surface area contributed by atoms with Gasteiger partial charge >= 0.3 is 5.97 Å². The van der Waals surface area contributed by atoms with E-state index < -0.39 is 5.97 Å². The van der Waals surface area contributed by atoms with Gasteiger partial charge in [0, 0.05) is 35.1 Å². The summed E-state index contributed by atoms with van der Waals surface area (Å²) in [4.78, 5) is 24.3. The number of Topliss-reactive ketones (excluding diaryl/α,β-unsaturated/α-hetero) is 1. The Hall–Kier alpha value is -3.02. The number of carbonyl (C=O) groups excluding carboxylic acids is 2. The molecule has 0 fully saturated rings. The zero-order chi connectivity index (χ0) is 20.0. The summed E-state index contributed by atoms with van der Waals surface area (Å²) >= 11 is 0. The highest BCUT2D eigenvalue weighted by molar-refractivity contribution is 6.00. The molecular weight excluding hydrogens is 346 g/mol. The molecule has 0 spiro atoms. The fraction of sp³-hybridized carbons (Fsp3) is 0.333. The van der Waals surface area contributed by atoms with E-state index in [1.54, 1.807) is 31.4 Å². The van der Waals surface area contributed by atoms with Crippen LogP contribution in [0.3, 0.4) is 0 Å². The van der Waals surface area contributed by atoms with Crippen molar-refractivity contribution in [2.45, 2.75) is 27.3 Å². The summed E-state index contributed by atoms with van der Waals surface area (Å²) in [6.07, 6.45) is 2.83. The molecule has 0 amide bonds. The number of rotatable bonds is 8. The Labute approximate surface area is 159 Å². The first-order valence-electron chi connectivity index (χ1n) is 8.68. The number of aromatic nitrogens is 1. The molecule has 0 aliphatic carbocycles. The molecule has 1 aromatic carbocycles. The molecule has 2 aromatic rings. The van der Waals surface area contributed by atoms with Crippen molar-refractivity contribution in [3.63, 3.8) is 0 Å². The van der Waals surface area contributed by atoms with Crippen LogP contribution in [0.25, 0.3) is 6.08 Å². The Morgan fingerprint density at radius 3 is 2.48 bits per heavy atom. The number of esters is 1. The minimum atomic E-state index is -0.600. The first-order chi connectivity index (χ1) is 12.9. The molecule has 144 valence electrons. The molecular formula is C21H25NO5. The fourth-order valence-corrected chi connectivity index (χ4v) is 3.03. The van der Waals surface area contributed by atoms with Crippen molar-refractivity contribution in [2.24, 2.45) is 0 Å². The van der Waals surface area contributed by atoms with E-state index in [9.17, 15) is 9.59 Å². The predicted molar refractivity (Wildman–Crippen MR) is 103 cm³/mol. The third-order valence-electron chi connectivity index (χ3n) is 4.37. The molecule has 0 N–H and O–H groups in total. The van der Waals surface area contributed by atoms with Gasteiger partial charge in [-0.25, -0.2) is 4.79 Å². The lowest BCUT2D eigenvalue weighted by Gasteiger charge is -2.09. The number of carbonyl (C=O) groups is 2. The van der Waals surface area contributed by atoms with Crippen molar-refractivity contribution in [1.29, 1.82) is 0 Å². The van der Waals surface area contributed by atoms with Gasteiger partial charge in [-0.05, 0) is 39.0 Å². The maximum Gasteiger partial charge on any atom is 0.331 e. The maximum atomic E-state index is 12.4. The van der Waals surface area contributed by atoms with Crippen molar-refractivity contribution in [3.05, 3.63) is 52.9 Å². The third kappa shape index (κ3) is 4.58. The van der Waals surface area contributed by atoms with E-state index in [-0.39, 0.29) is 12.4 Å². The Morgan fingerprint density at radius 1 is 1.15 bits per heavy atom. The summed E-state index contributed by atoms with van der Waals surface area (Å²) in [5, 5.41) is 0. The second kappa shape index (κ2) is 9.07. The van der Waals surface area contributed by atoms with Gasteiger partial charge in [-0.15, -0.1) is 0 Å². The standard InChI is InChI=1S/C21H25NO5/c1-6-22-14(2)12-17(15(22)3)18(23)13-27-20(24)11-10-16-8-7-9-19(25-4)21(16)26-5/h7-12H,6,13H2,1-5H3/b11-10+. The lowest BCUT2D eigenvalue weighted by Crippen LogP contribution is -2.13. The predicted octanol–water partition coefficient (Wildman–Crippen LogP) is 3.58. The molecule has 0 saturated carbocycles. The van der Waals surface area contributed by atoms with Crippen LogP contribution in [0.15, 0.2) is 30.3 Å². The van der Waals surface area contributed by atoms with Gasteiger partial charge in [0.1, 0.15) is 0 Å². The molecule has 27 heavy (non-hydrogen) atoms. The highest BCUT2D eigenvalue weighted by atomic mass is 16.5. The number of ether oxygens (including phenoxy) is 3. The van der Waals surface area contributed by atoms with Crippen molar-refractivity contribution in [1.82, 2.24) is 4.57 Å². The highest BCUT2D eigenvalue weighted by Crippen LogP contribution is 2.31. The first kappa shape index (κ1) is 20.3. The van der Waals surface area contributed by atoms with Gasteiger partial charge in [-0.1, -0.05) is 12.1 Å². The maximum absolute atomic E-state index is 12.4. The van der Waals surface area contributed by atoms with E-state index in [0.717, 1.165) is 17.9 Å². The third-order valence-corrected chi connectivity index (χ3v) is 4.37. The Kier molecular flexibility index (Phi) is 6.82. The highest BCUT2D eigenvalue weighted by Gasteiger charge is 2.16. The first-order valence-corrected chi connectivity index (χ1v) is 8.68. The fourth-order valence-electron chi connectivity index (χ4n) is 3.03. The van der Waals surface area contributed by atoms with E-state index >= 15 is 0 Å². The summed E-state index contributed by atoms with van der Waals surface area (Å²) < 4.78 is 17.7. The molecule has 0 aliphatic heterocycles. The summed E-state index contributed by atoms with van der Waals surface area (Å²) in [6, 6.07) is 7.17. The Morgan fingerprint density at radius 2 is 1.89 bits per heavy atom. The van der Waals surface area contributed by atoms with E-state index in [1.165, 1.54) is 13.2 Å². The number of para-hydroxylation sites is 1. The van der Waals surface area contributed by atoms with Crippen LogP contribution in [0.4, 0.5) is 0 Å². The summed E-state index contributed by atoms with van der Waals surface area (Å²) in [5.74, 6) is 0.266. The Bertz CT molecular complexity index is 864. The zero-order valence-corrected chi connectivity index (χ0v) is 16.4. The molecule has 0 atom stereocenters. The van der Waals surface area contributed by atoms with Crippen molar-refractivity contribution >= 4 is 17.8 Å². The average Bonchev–Trinajstić information content (AvgIpc) is 2.97. The largest absolute Gasteiger partial charge is 0.493 e. The second-order valence-corrected chi connectivity index (χ2v) is 5.98.